The molecule has 5 atom stereocenters. The second kappa shape index (κ2) is 6.41. The van der Waals surface area contributed by atoms with Gasteiger partial charge in [0.1, 0.15) is 0 Å². The molecular formula is C17H33N. The van der Waals surface area contributed by atoms with Gasteiger partial charge in [0.15, 0.2) is 0 Å². The van der Waals surface area contributed by atoms with Gasteiger partial charge in [0.05, 0.1) is 0 Å². The van der Waals surface area contributed by atoms with Crippen molar-refractivity contribution in [2.75, 3.05) is 0 Å². The molecule has 2 fully saturated rings. The van der Waals surface area contributed by atoms with Gasteiger partial charge in [-0.05, 0) is 55.8 Å². The van der Waals surface area contributed by atoms with Crippen molar-refractivity contribution >= 4 is 0 Å². The van der Waals surface area contributed by atoms with Crippen LogP contribution in [0.25, 0.3) is 0 Å². The molecule has 5 unspecified atom stereocenters. The van der Waals surface area contributed by atoms with E-state index in [4.69, 9.17) is 0 Å². The summed E-state index contributed by atoms with van der Waals surface area (Å²) in [6, 6.07) is 1.61. The van der Waals surface area contributed by atoms with E-state index in [-0.39, 0.29) is 0 Å². The average Bonchev–Trinajstić information content (AvgIpc) is 2.33. The van der Waals surface area contributed by atoms with Gasteiger partial charge in [0.2, 0.25) is 0 Å². The fourth-order valence-corrected chi connectivity index (χ4v) is 4.20. The standard InChI is InChI=1S/C17H33N/c1-12(2)15-6-5-7-16(11-15)18-17-9-8-13(3)10-14(17)4/h12-18H,5-11H2,1-4H3. The van der Waals surface area contributed by atoms with Crippen LogP contribution < -0.4 is 5.32 Å². The molecule has 0 aromatic carbocycles. The van der Waals surface area contributed by atoms with Crippen molar-refractivity contribution < 1.29 is 0 Å². The van der Waals surface area contributed by atoms with Crippen molar-refractivity contribution in [1.29, 1.82) is 0 Å². The van der Waals surface area contributed by atoms with Crippen molar-refractivity contribution in [3.05, 3.63) is 0 Å². The summed E-state index contributed by atoms with van der Waals surface area (Å²) in [6.45, 7) is 9.67. The number of nitrogens with one attached hydrogen (secondary N) is 1. The summed E-state index contributed by atoms with van der Waals surface area (Å²) < 4.78 is 0. The molecule has 0 saturated heterocycles. The van der Waals surface area contributed by atoms with Crippen LogP contribution in [0.2, 0.25) is 0 Å². The molecule has 0 bridgehead atoms. The van der Waals surface area contributed by atoms with E-state index in [9.17, 15) is 0 Å². The van der Waals surface area contributed by atoms with E-state index in [1.165, 1.54) is 44.9 Å². The maximum atomic E-state index is 4.01. The molecule has 2 aliphatic carbocycles. The number of hydrogen-bond acceptors (Lipinski definition) is 1. The Balaban J connectivity index is 1.81. The maximum Gasteiger partial charge on any atom is 0.00954 e. The van der Waals surface area contributed by atoms with Crippen LogP contribution in [0.4, 0.5) is 0 Å². The maximum absolute atomic E-state index is 4.01. The molecule has 1 N–H and O–H groups in total. The number of hydrogen-bond donors (Lipinski definition) is 1. The van der Waals surface area contributed by atoms with Gasteiger partial charge in [-0.1, -0.05) is 40.5 Å². The van der Waals surface area contributed by atoms with Crippen LogP contribution in [-0.4, -0.2) is 12.1 Å². The molecule has 2 rings (SSSR count). The lowest BCUT2D eigenvalue weighted by Crippen LogP contribution is -2.46. The van der Waals surface area contributed by atoms with E-state index in [1.807, 2.05) is 0 Å². The van der Waals surface area contributed by atoms with Crippen LogP contribution in [0, 0.1) is 23.7 Å². The first-order valence-corrected chi connectivity index (χ1v) is 8.32. The van der Waals surface area contributed by atoms with Crippen LogP contribution in [0.3, 0.4) is 0 Å². The zero-order valence-corrected chi connectivity index (χ0v) is 12.9. The Kier molecular flexibility index (Phi) is 5.12. The molecule has 0 amide bonds. The van der Waals surface area contributed by atoms with Gasteiger partial charge in [-0.15, -0.1) is 0 Å². The largest absolute Gasteiger partial charge is 0.311 e. The molecular weight excluding hydrogens is 218 g/mol. The van der Waals surface area contributed by atoms with Crippen LogP contribution >= 0.6 is 0 Å². The van der Waals surface area contributed by atoms with Crippen molar-refractivity contribution in [2.24, 2.45) is 23.7 Å². The highest BCUT2D eigenvalue weighted by Crippen LogP contribution is 2.33. The second-order valence-corrected chi connectivity index (χ2v) is 7.54. The summed E-state index contributed by atoms with van der Waals surface area (Å²) in [7, 11) is 0. The topological polar surface area (TPSA) is 12.0 Å². The van der Waals surface area contributed by atoms with Crippen LogP contribution in [0.1, 0.15) is 72.6 Å². The van der Waals surface area contributed by atoms with Crippen LogP contribution in [0.5, 0.6) is 0 Å². The smallest absolute Gasteiger partial charge is 0.00954 e. The van der Waals surface area contributed by atoms with E-state index in [0.29, 0.717) is 0 Å². The minimum absolute atomic E-state index is 0.803. The van der Waals surface area contributed by atoms with Crippen LogP contribution in [-0.2, 0) is 0 Å². The summed E-state index contributed by atoms with van der Waals surface area (Å²) in [6.07, 6.45) is 10.0. The summed E-state index contributed by atoms with van der Waals surface area (Å²) in [5.41, 5.74) is 0. The molecule has 0 aromatic heterocycles. The van der Waals surface area contributed by atoms with E-state index >= 15 is 0 Å². The van der Waals surface area contributed by atoms with Gasteiger partial charge < -0.3 is 5.32 Å². The summed E-state index contributed by atoms with van der Waals surface area (Å²) in [5.74, 6) is 3.67. The van der Waals surface area contributed by atoms with Gasteiger partial charge in [0.25, 0.3) is 0 Å². The predicted molar refractivity (Wildman–Crippen MR) is 79.7 cm³/mol. The number of rotatable bonds is 3. The summed E-state index contributed by atoms with van der Waals surface area (Å²) >= 11 is 0. The zero-order chi connectivity index (χ0) is 13.1. The lowest BCUT2D eigenvalue weighted by Gasteiger charge is -2.39. The molecule has 0 spiro atoms. The van der Waals surface area contributed by atoms with Crippen molar-refractivity contribution in [3.63, 3.8) is 0 Å². The molecule has 18 heavy (non-hydrogen) atoms. The van der Waals surface area contributed by atoms with Gasteiger partial charge in [-0.2, -0.15) is 0 Å². The van der Waals surface area contributed by atoms with Crippen molar-refractivity contribution in [2.45, 2.75) is 84.7 Å². The highest BCUT2D eigenvalue weighted by atomic mass is 15.0. The molecule has 106 valence electrons. The fraction of sp³-hybridized carbons (Fsp3) is 1.00. The Morgan fingerprint density at radius 1 is 0.944 bits per heavy atom. The molecule has 1 heteroatoms. The van der Waals surface area contributed by atoms with Gasteiger partial charge in [-0.25, -0.2) is 0 Å². The van der Waals surface area contributed by atoms with Gasteiger partial charge in [-0.3, -0.25) is 0 Å². The lowest BCUT2D eigenvalue weighted by molar-refractivity contribution is 0.170. The molecule has 2 saturated carbocycles. The summed E-state index contributed by atoms with van der Waals surface area (Å²) in [4.78, 5) is 0. The second-order valence-electron chi connectivity index (χ2n) is 7.54. The third-order valence-electron chi connectivity index (χ3n) is 5.54. The predicted octanol–water partition coefficient (Wildman–Crippen LogP) is 4.62. The fourth-order valence-electron chi connectivity index (χ4n) is 4.20. The van der Waals surface area contributed by atoms with Crippen LogP contribution in [0.15, 0.2) is 0 Å². The molecule has 0 aliphatic heterocycles. The van der Waals surface area contributed by atoms with E-state index in [2.05, 4.69) is 33.0 Å². The van der Waals surface area contributed by atoms with Crippen molar-refractivity contribution in [3.8, 4) is 0 Å². The van der Waals surface area contributed by atoms with Gasteiger partial charge >= 0.3 is 0 Å². The first-order chi connectivity index (χ1) is 8.56. The molecule has 0 heterocycles. The highest BCUT2D eigenvalue weighted by molar-refractivity contribution is 4.87. The SMILES string of the molecule is CC1CCC(NC2CCCC(C(C)C)C2)C(C)C1. The monoisotopic (exact) mass is 251 g/mol. The first kappa shape index (κ1) is 14.4. The quantitative estimate of drug-likeness (QED) is 0.772. The Morgan fingerprint density at radius 3 is 2.39 bits per heavy atom. The van der Waals surface area contributed by atoms with Crippen molar-refractivity contribution in [1.82, 2.24) is 5.32 Å². The third-order valence-corrected chi connectivity index (χ3v) is 5.54. The third kappa shape index (κ3) is 3.73. The Hall–Kier alpha value is -0.0400. The summed E-state index contributed by atoms with van der Waals surface area (Å²) in [5, 5.41) is 4.01. The molecule has 0 aromatic rings. The lowest BCUT2D eigenvalue weighted by atomic mass is 9.76. The van der Waals surface area contributed by atoms with Gasteiger partial charge in [0, 0.05) is 12.1 Å². The Labute approximate surface area is 114 Å². The molecule has 0 radical (unpaired) electrons. The van der Waals surface area contributed by atoms with E-state index in [0.717, 1.165) is 35.8 Å². The zero-order valence-electron chi connectivity index (χ0n) is 12.9. The Bertz CT molecular complexity index is 248. The van der Waals surface area contributed by atoms with E-state index in [1.54, 1.807) is 0 Å². The highest BCUT2D eigenvalue weighted by Gasteiger charge is 2.30. The normalized spacial score (nSPS) is 42.2. The average molecular weight is 251 g/mol. The first-order valence-electron chi connectivity index (χ1n) is 8.32. The Morgan fingerprint density at radius 2 is 1.72 bits per heavy atom. The molecule has 1 nitrogen and oxygen atoms in total. The molecule has 2 aliphatic rings. The van der Waals surface area contributed by atoms with E-state index < -0.39 is 0 Å². The minimum Gasteiger partial charge on any atom is -0.311 e. The minimum atomic E-state index is 0.803.